The zero-order valence-electron chi connectivity index (χ0n) is 13.9. The third-order valence-corrected chi connectivity index (χ3v) is 2.94. The molecule has 0 saturated heterocycles. The minimum atomic E-state index is -1.30. The van der Waals surface area contributed by atoms with Crippen LogP contribution in [0.15, 0.2) is 30.3 Å². The molecule has 24 heavy (non-hydrogen) atoms. The van der Waals surface area contributed by atoms with Crippen molar-refractivity contribution in [3.8, 4) is 0 Å². The van der Waals surface area contributed by atoms with Gasteiger partial charge in [-0.05, 0) is 38.0 Å². The summed E-state index contributed by atoms with van der Waals surface area (Å²) in [5, 5.41) is 31.4. The van der Waals surface area contributed by atoms with Crippen molar-refractivity contribution in [3.05, 3.63) is 41.5 Å². The van der Waals surface area contributed by atoms with Crippen molar-refractivity contribution in [1.29, 1.82) is 0 Å². The maximum Gasteiger partial charge on any atom is 0.407 e. The molecule has 1 aromatic rings. The van der Waals surface area contributed by atoms with E-state index < -0.39 is 29.9 Å². The van der Waals surface area contributed by atoms with Gasteiger partial charge in [-0.25, -0.2) is 9.59 Å². The lowest BCUT2D eigenvalue weighted by molar-refractivity contribution is -0.131. The summed E-state index contributed by atoms with van der Waals surface area (Å²) in [5.41, 5.74) is 0.152. The number of aliphatic hydroxyl groups excluding tert-OH is 2. The molecule has 0 bridgehead atoms. The number of amides is 1. The fourth-order valence-electron chi connectivity index (χ4n) is 1.91. The van der Waals surface area contributed by atoms with Crippen LogP contribution in [-0.2, 0) is 9.53 Å². The highest BCUT2D eigenvalue weighted by atomic mass is 16.6. The lowest BCUT2D eigenvalue weighted by atomic mass is 9.98. The molecule has 2 atom stereocenters. The normalized spacial score (nSPS) is 14.2. The van der Waals surface area contributed by atoms with E-state index in [9.17, 15) is 19.8 Å². The topological polar surface area (TPSA) is 116 Å². The minimum absolute atomic E-state index is 0.215. The molecular formula is C17H23NO6. The summed E-state index contributed by atoms with van der Waals surface area (Å²) in [6, 6.07) is 6.53. The molecule has 0 fully saturated rings. The van der Waals surface area contributed by atoms with Crippen molar-refractivity contribution in [2.45, 2.75) is 38.6 Å². The van der Waals surface area contributed by atoms with Gasteiger partial charge in [0.15, 0.2) is 0 Å². The van der Waals surface area contributed by atoms with E-state index in [-0.39, 0.29) is 6.54 Å². The van der Waals surface area contributed by atoms with Crippen LogP contribution >= 0.6 is 0 Å². The molecule has 1 rings (SSSR count). The molecule has 0 saturated carbocycles. The first-order valence-corrected chi connectivity index (χ1v) is 7.43. The maximum atomic E-state index is 11.6. The SMILES string of the molecule is CC(C)(C)OC(=O)NCC(O)C(O)c1ccccc1/C=C/C(=O)O. The van der Waals surface area contributed by atoms with E-state index in [0.717, 1.165) is 6.08 Å². The van der Waals surface area contributed by atoms with Crippen LogP contribution in [0, 0.1) is 0 Å². The quantitative estimate of drug-likeness (QED) is 0.587. The molecule has 4 N–H and O–H groups in total. The highest BCUT2D eigenvalue weighted by Gasteiger charge is 2.22. The fourth-order valence-corrected chi connectivity index (χ4v) is 1.91. The summed E-state index contributed by atoms with van der Waals surface area (Å²) in [6.07, 6.45) is -1.01. The van der Waals surface area contributed by atoms with E-state index in [2.05, 4.69) is 5.32 Å². The van der Waals surface area contributed by atoms with Gasteiger partial charge in [0.25, 0.3) is 0 Å². The monoisotopic (exact) mass is 337 g/mol. The van der Waals surface area contributed by atoms with Crippen LogP contribution in [-0.4, -0.2) is 45.6 Å². The lowest BCUT2D eigenvalue weighted by Gasteiger charge is -2.23. The number of carboxylic acid groups (broad SMARTS) is 1. The highest BCUT2D eigenvalue weighted by Crippen LogP contribution is 2.22. The average molecular weight is 337 g/mol. The Bertz CT molecular complexity index is 605. The Hall–Kier alpha value is -2.38. The van der Waals surface area contributed by atoms with Crippen molar-refractivity contribution >= 4 is 18.1 Å². The van der Waals surface area contributed by atoms with Crippen LogP contribution in [0.4, 0.5) is 4.79 Å². The number of alkyl carbamates (subject to hydrolysis) is 1. The smallest absolute Gasteiger partial charge is 0.407 e. The molecule has 132 valence electrons. The molecule has 1 aromatic carbocycles. The van der Waals surface area contributed by atoms with Crippen molar-refractivity contribution in [3.63, 3.8) is 0 Å². The molecule has 1 amide bonds. The van der Waals surface area contributed by atoms with Gasteiger partial charge in [0.1, 0.15) is 17.8 Å². The number of benzene rings is 1. The Morgan fingerprint density at radius 3 is 2.46 bits per heavy atom. The maximum absolute atomic E-state index is 11.6. The van der Waals surface area contributed by atoms with Gasteiger partial charge in [-0.15, -0.1) is 0 Å². The van der Waals surface area contributed by atoms with Crippen molar-refractivity contribution in [2.75, 3.05) is 6.54 Å². The Balaban J connectivity index is 2.74. The van der Waals surface area contributed by atoms with Crippen molar-refractivity contribution in [2.24, 2.45) is 0 Å². The average Bonchev–Trinajstić information content (AvgIpc) is 2.48. The first-order valence-electron chi connectivity index (χ1n) is 7.43. The van der Waals surface area contributed by atoms with Gasteiger partial charge in [-0.1, -0.05) is 24.3 Å². The number of hydrogen-bond donors (Lipinski definition) is 4. The number of carbonyl (C=O) groups excluding carboxylic acids is 1. The van der Waals surface area contributed by atoms with Gasteiger partial charge in [0, 0.05) is 12.6 Å². The fraction of sp³-hybridized carbons (Fsp3) is 0.412. The standard InChI is InChI=1S/C17H23NO6/c1-17(2,3)24-16(23)18-10-13(19)15(22)12-7-5-4-6-11(12)8-9-14(20)21/h4-9,13,15,19,22H,10H2,1-3H3,(H,18,23)(H,20,21)/b9-8+. The van der Waals surface area contributed by atoms with Crippen LogP contribution in [0.1, 0.15) is 38.0 Å². The number of aliphatic hydroxyl groups is 2. The van der Waals surface area contributed by atoms with Crippen LogP contribution in [0.3, 0.4) is 0 Å². The molecule has 0 radical (unpaired) electrons. The van der Waals surface area contributed by atoms with Gasteiger partial charge >= 0.3 is 12.1 Å². The second-order valence-electron chi connectivity index (χ2n) is 6.20. The summed E-state index contributed by atoms with van der Waals surface area (Å²) in [5.74, 6) is -1.12. The second kappa shape index (κ2) is 8.47. The van der Waals surface area contributed by atoms with Gasteiger partial charge in [-0.2, -0.15) is 0 Å². The third-order valence-electron chi connectivity index (χ3n) is 2.94. The zero-order chi connectivity index (χ0) is 18.3. The predicted octanol–water partition coefficient (Wildman–Crippen LogP) is 1.70. The number of rotatable bonds is 6. The van der Waals surface area contributed by atoms with Gasteiger partial charge in [0.2, 0.25) is 0 Å². The van der Waals surface area contributed by atoms with Gasteiger partial charge in [-0.3, -0.25) is 0 Å². The Morgan fingerprint density at radius 1 is 1.25 bits per heavy atom. The highest BCUT2D eigenvalue weighted by molar-refractivity contribution is 5.85. The lowest BCUT2D eigenvalue weighted by Crippen LogP contribution is -2.39. The number of carbonyl (C=O) groups is 2. The summed E-state index contributed by atoms with van der Waals surface area (Å²) in [6.45, 7) is 4.92. The molecule has 0 spiro atoms. The number of carboxylic acids is 1. The van der Waals surface area contributed by atoms with E-state index in [1.54, 1.807) is 45.0 Å². The summed E-state index contributed by atoms with van der Waals surface area (Å²) in [7, 11) is 0. The molecular weight excluding hydrogens is 314 g/mol. The second-order valence-corrected chi connectivity index (χ2v) is 6.20. The Labute approximate surface area is 140 Å². The molecule has 0 aliphatic heterocycles. The Morgan fingerprint density at radius 2 is 1.88 bits per heavy atom. The molecule has 2 unspecified atom stereocenters. The van der Waals surface area contributed by atoms with Gasteiger partial charge < -0.3 is 25.4 Å². The molecule has 0 aliphatic carbocycles. The summed E-state index contributed by atoms with van der Waals surface area (Å²) < 4.78 is 5.04. The van der Waals surface area contributed by atoms with Gasteiger partial charge in [0.05, 0.1) is 0 Å². The predicted molar refractivity (Wildman–Crippen MR) is 88.3 cm³/mol. The first-order chi connectivity index (χ1) is 11.1. The first kappa shape index (κ1) is 19.7. The number of hydrogen-bond acceptors (Lipinski definition) is 5. The molecule has 0 aromatic heterocycles. The van der Waals surface area contributed by atoms with E-state index in [1.165, 1.54) is 6.08 Å². The largest absolute Gasteiger partial charge is 0.478 e. The molecule has 0 aliphatic rings. The summed E-state index contributed by atoms with van der Waals surface area (Å²) >= 11 is 0. The minimum Gasteiger partial charge on any atom is -0.478 e. The van der Waals surface area contributed by atoms with E-state index in [0.29, 0.717) is 11.1 Å². The molecule has 0 heterocycles. The van der Waals surface area contributed by atoms with Crippen LogP contribution in [0.5, 0.6) is 0 Å². The molecule has 7 nitrogen and oxygen atoms in total. The number of ether oxygens (including phenoxy) is 1. The number of aliphatic carboxylic acids is 1. The third kappa shape index (κ3) is 6.80. The summed E-state index contributed by atoms with van der Waals surface area (Å²) in [4.78, 5) is 22.2. The van der Waals surface area contributed by atoms with Crippen LogP contribution < -0.4 is 5.32 Å². The van der Waals surface area contributed by atoms with E-state index in [4.69, 9.17) is 9.84 Å². The zero-order valence-corrected chi connectivity index (χ0v) is 13.9. The molecule has 7 heteroatoms. The van der Waals surface area contributed by atoms with Crippen molar-refractivity contribution in [1.82, 2.24) is 5.32 Å². The Kier molecular flexibility index (Phi) is 6.94. The number of nitrogens with one attached hydrogen (secondary N) is 1. The van der Waals surface area contributed by atoms with Crippen LogP contribution in [0.2, 0.25) is 0 Å². The van der Waals surface area contributed by atoms with E-state index in [1.807, 2.05) is 0 Å². The van der Waals surface area contributed by atoms with Crippen LogP contribution in [0.25, 0.3) is 6.08 Å². The van der Waals surface area contributed by atoms with E-state index >= 15 is 0 Å². The van der Waals surface area contributed by atoms with Crippen molar-refractivity contribution < 1.29 is 29.6 Å².